The zero-order valence-electron chi connectivity index (χ0n) is 13.2. The van der Waals surface area contributed by atoms with Crippen molar-refractivity contribution < 1.29 is 19.4 Å². The van der Waals surface area contributed by atoms with Gasteiger partial charge in [0.1, 0.15) is 11.6 Å². The van der Waals surface area contributed by atoms with Crippen LogP contribution in [0.25, 0.3) is 0 Å². The Balaban J connectivity index is 2.78. The largest absolute Gasteiger partial charge is 0.480 e. The Kier molecular flexibility index (Phi) is 5.42. The number of nitrogens with zero attached hydrogens (tertiary/aromatic N) is 1. The Bertz CT molecular complexity index is 359. The molecule has 1 amide bonds. The SMILES string of the molecule is CC(C)C[C@@H]1CC[C@@H](C(=O)O)N(C(=O)OC(C)(C)C)C1. The standard InChI is InChI=1S/C15H27NO4/c1-10(2)8-11-6-7-12(13(17)18)16(9-11)14(19)20-15(3,4)5/h10-12H,6-9H2,1-5H3,(H,17,18)/t11-,12-/m0/s1. The van der Waals surface area contributed by atoms with Crippen molar-refractivity contribution in [3.8, 4) is 0 Å². The molecule has 116 valence electrons. The monoisotopic (exact) mass is 285 g/mol. The van der Waals surface area contributed by atoms with Crippen LogP contribution in [0.3, 0.4) is 0 Å². The van der Waals surface area contributed by atoms with E-state index in [1.165, 1.54) is 4.90 Å². The molecule has 1 N–H and O–H groups in total. The van der Waals surface area contributed by atoms with Crippen LogP contribution in [0.2, 0.25) is 0 Å². The number of carbonyl (C=O) groups excluding carboxylic acids is 1. The first-order chi connectivity index (χ1) is 9.10. The summed E-state index contributed by atoms with van der Waals surface area (Å²) in [5.41, 5.74) is -0.606. The Hall–Kier alpha value is -1.26. The van der Waals surface area contributed by atoms with Crippen LogP contribution in [0.4, 0.5) is 4.79 Å². The fourth-order valence-electron chi connectivity index (χ4n) is 2.68. The van der Waals surface area contributed by atoms with Crippen molar-refractivity contribution >= 4 is 12.1 Å². The van der Waals surface area contributed by atoms with Gasteiger partial charge in [-0.05, 0) is 51.9 Å². The second kappa shape index (κ2) is 6.46. The normalized spacial score (nSPS) is 23.8. The number of rotatable bonds is 3. The lowest BCUT2D eigenvalue weighted by atomic mass is 9.87. The maximum absolute atomic E-state index is 12.2. The van der Waals surface area contributed by atoms with Gasteiger partial charge in [-0.1, -0.05) is 13.8 Å². The molecule has 0 radical (unpaired) electrons. The second-order valence-electron chi connectivity index (χ2n) is 7.06. The fourth-order valence-corrected chi connectivity index (χ4v) is 2.68. The Morgan fingerprint density at radius 2 is 1.90 bits per heavy atom. The van der Waals surface area contributed by atoms with E-state index in [0.717, 1.165) is 12.8 Å². The van der Waals surface area contributed by atoms with Gasteiger partial charge in [0.05, 0.1) is 0 Å². The first-order valence-electron chi connectivity index (χ1n) is 7.32. The third-order valence-corrected chi connectivity index (χ3v) is 3.40. The molecule has 1 heterocycles. The number of hydrogen-bond donors (Lipinski definition) is 1. The van der Waals surface area contributed by atoms with Gasteiger partial charge < -0.3 is 9.84 Å². The molecule has 1 aliphatic heterocycles. The highest BCUT2D eigenvalue weighted by molar-refractivity contribution is 5.80. The maximum Gasteiger partial charge on any atom is 0.411 e. The van der Waals surface area contributed by atoms with E-state index in [1.807, 2.05) is 0 Å². The summed E-state index contributed by atoms with van der Waals surface area (Å²) in [5.74, 6) is -0.0427. The highest BCUT2D eigenvalue weighted by atomic mass is 16.6. The van der Waals surface area contributed by atoms with Crippen LogP contribution in [-0.2, 0) is 9.53 Å². The lowest BCUT2D eigenvalue weighted by molar-refractivity contribution is -0.145. The summed E-state index contributed by atoms with van der Waals surface area (Å²) in [6, 6.07) is -0.756. The molecule has 5 heteroatoms. The van der Waals surface area contributed by atoms with E-state index in [4.69, 9.17) is 4.74 Å². The fraction of sp³-hybridized carbons (Fsp3) is 0.867. The van der Waals surface area contributed by atoms with E-state index in [0.29, 0.717) is 24.8 Å². The van der Waals surface area contributed by atoms with Crippen LogP contribution in [0.5, 0.6) is 0 Å². The minimum absolute atomic E-state index is 0.359. The molecule has 0 spiro atoms. The first kappa shape index (κ1) is 16.8. The first-order valence-corrected chi connectivity index (χ1v) is 7.32. The molecular formula is C15H27NO4. The van der Waals surface area contributed by atoms with E-state index in [1.54, 1.807) is 20.8 Å². The Morgan fingerprint density at radius 1 is 1.30 bits per heavy atom. The van der Waals surface area contributed by atoms with Crippen LogP contribution >= 0.6 is 0 Å². The number of carboxylic acid groups (broad SMARTS) is 1. The van der Waals surface area contributed by atoms with Gasteiger partial charge in [0.25, 0.3) is 0 Å². The number of aliphatic carboxylic acids is 1. The molecule has 0 aromatic carbocycles. The van der Waals surface area contributed by atoms with Gasteiger partial charge in [-0.25, -0.2) is 9.59 Å². The summed E-state index contributed by atoms with van der Waals surface area (Å²) in [6.45, 7) is 10.1. The number of carbonyl (C=O) groups is 2. The van der Waals surface area contributed by atoms with Gasteiger partial charge in [-0.15, -0.1) is 0 Å². The van der Waals surface area contributed by atoms with Crippen molar-refractivity contribution in [1.29, 1.82) is 0 Å². The van der Waals surface area contributed by atoms with Crippen LogP contribution in [0.15, 0.2) is 0 Å². The summed E-state index contributed by atoms with van der Waals surface area (Å²) in [7, 11) is 0. The zero-order chi connectivity index (χ0) is 15.5. The zero-order valence-corrected chi connectivity index (χ0v) is 13.2. The van der Waals surface area contributed by atoms with Gasteiger partial charge in [0.2, 0.25) is 0 Å². The van der Waals surface area contributed by atoms with Gasteiger partial charge >= 0.3 is 12.1 Å². The minimum Gasteiger partial charge on any atom is -0.480 e. The Morgan fingerprint density at radius 3 is 2.35 bits per heavy atom. The predicted octanol–water partition coefficient (Wildman–Crippen LogP) is 3.13. The molecule has 5 nitrogen and oxygen atoms in total. The van der Waals surface area contributed by atoms with Crippen LogP contribution < -0.4 is 0 Å². The summed E-state index contributed by atoms with van der Waals surface area (Å²) < 4.78 is 5.33. The molecule has 1 saturated heterocycles. The van der Waals surface area contributed by atoms with Crippen molar-refractivity contribution in [1.82, 2.24) is 4.90 Å². The number of piperidine rings is 1. The lowest BCUT2D eigenvalue weighted by Crippen LogP contribution is -2.52. The smallest absolute Gasteiger partial charge is 0.411 e. The highest BCUT2D eigenvalue weighted by Crippen LogP contribution is 2.28. The minimum atomic E-state index is -0.946. The number of amides is 1. The predicted molar refractivity (Wildman–Crippen MR) is 76.5 cm³/mol. The molecule has 2 atom stereocenters. The molecule has 1 rings (SSSR count). The average Bonchev–Trinajstić information content (AvgIpc) is 2.25. The van der Waals surface area contributed by atoms with E-state index >= 15 is 0 Å². The molecule has 0 aliphatic carbocycles. The van der Waals surface area contributed by atoms with E-state index < -0.39 is 23.7 Å². The summed E-state index contributed by atoms with van der Waals surface area (Å²) in [5, 5.41) is 9.27. The molecule has 0 aromatic heterocycles. The molecule has 0 saturated carbocycles. The van der Waals surface area contributed by atoms with Crippen molar-refractivity contribution in [2.75, 3.05) is 6.54 Å². The van der Waals surface area contributed by atoms with Gasteiger partial charge in [0, 0.05) is 6.54 Å². The number of carboxylic acids is 1. The van der Waals surface area contributed by atoms with E-state index in [2.05, 4.69) is 13.8 Å². The number of hydrogen-bond acceptors (Lipinski definition) is 3. The van der Waals surface area contributed by atoms with Crippen LogP contribution in [0, 0.1) is 11.8 Å². The highest BCUT2D eigenvalue weighted by Gasteiger charge is 2.38. The topological polar surface area (TPSA) is 66.8 Å². The second-order valence-corrected chi connectivity index (χ2v) is 7.06. The average molecular weight is 285 g/mol. The number of likely N-dealkylation sites (tertiary alicyclic amines) is 1. The Labute approximate surface area is 121 Å². The molecule has 20 heavy (non-hydrogen) atoms. The summed E-state index contributed by atoms with van der Waals surface area (Å²) in [4.78, 5) is 24.9. The maximum atomic E-state index is 12.2. The molecular weight excluding hydrogens is 258 g/mol. The molecule has 0 aromatic rings. The van der Waals surface area contributed by atoms with Crippen LogP contribution in [-0.4, -0.2) is 40.3 Å². The van der Waals surface area contributed by atoms with Crippen molar-refractivity contribution in [3.63, 3.8) is 0 Å². The third-order valence-electron chi connectivity index (χ3n) is 3.40. The van der Waals surface area contributed by atoms with E-state index in [9.17, 15) is 14.7 Å². The summed E-state index contributed by atoms with van der Waals surface area (Å²) in [6.07, 6.45) is 1.85. The third kappa shape index (κ3) is 5.02. The van der Waals surface area contributed by atoms with Crippen molar-refractivity contribution in [2.45, 2.75) is 65.5 Å². The summed E-state index contributed by atoms with van der Waals surface area (Å²) >= 11 is 0. The number of ether oxygens (including phenoxy) is 1. The van der Waals surface area contributed by atoms with Crippen molar-refractivity contribution in [3.05, 3.63) is 0 Å². The molecule has 0 unspecified atom stereocenters. The molecule has 0 bridgehead atoms. The van der Waals surface area contributed by atoms with Gasteiger partial charge in [0.15, 0.2) is 0 Å². The lowest BCUT2D eigenvalue weighted by Gasteiger charge is -2.38. The van der Waals surface area contributed by atoms with Gasteiger partial charge in [-0.2, -0.15) is 0 Å². The van der Waals surface area contributed by atoms with Crippen LogP contribution in [0.1, 0.15) is 53.9 Å². The quantitative estimate of drug-likeness (QED) is 0.865. The molecule has 1 fully saturated rings. The van der Waals surface area contributed by atoms with Gasteiger partial charge in [-0.3, -0.25) is 4.90 Å². The molecule has 1 aliphatic rings. The van der Waals surface area contributed by atoms with Crippen molar-refractivity contribution in [2.24, 2.45) is 11.8 Å². The van der Waals surface area contributed by atoms with E-state index in [-0.39, 0.29) is 0 Å².